The van der Waals surface area contributed by atoms with Crippen molar-refractivity contribution in [1.82, 2.24) is 14.1 Å². The first-order valence-corrected chi connectivity index (χ1v) is 5.93. The van der Waals surface area contributed by atoms with Crippen molar-refractivity contribution in [2.45, 2.75) is 0 Å². The van der Waals surface area contributed by atoms with E-state index in [1.54, 1.807) is 11.6 Å². The highest BCUT2D eigenvalue weighted by Crippen LogP contribution is 2.25. The summed E-state index contributed by atoms with van der Waals surface area (Å²) in [6.07, 6.45) is 1.86. The molecule has 0 amide bonds. The minimum Gasteiger partial charge on any atom is -0.344 e. The molecule has 0 aliphatic carbocycles. The van der Waals surface area contributed by atoms with Crippen molar-refractivity contribution in [3.63, 3.8) is 0 Å². The second-order valence-corrected chi connectivity index (χ2v) is 4.54. The minimum absolute atomic E-state index is 0.288. The van der Waals surface area contributed by atoms with Gasteiger partial charge in [-0.25, -0.2) is 4.79 Å². The Kier molecular flexibility index (Phi) is 2.41. The van der Waals surface area contributed by atoms with E-state index < -0.39 is 5.69 Å². The van der Waals surface area contributed by atoms with Crippen LogP contribution >= 0.6 is 0 Å². The van der Waals surface area contributed by atoms with E-state index in [4.69, 9.17) is 0 Å². The molecule has 0 unspecified atom stereocenters. The molecule has 1 aromatic carbocycles. The number of benzene rings is 1. The molecule has 0 bridgehead atoms. The Labute approximate surface area is 108 Å². The normalized spacial score (nSPS) is 11.1. The second kappa shape index (κ2) is 3.98. The molecule has 96 valence electrons. The maximum atomic E-state index is 12.1. The standard InChI is InChI=1S/C14H13N3O2/c1-16-8-10(9-6-4-3-5-7-9)11-12(16)13(18)17(2)14(19)15-11/h3-8H,1-2H3,(H,15,19). The van der Waals surface area contributed by atoms with Gasteiger partial charge in [0.2, 0.25) is 0 Å². The molecule has 3 rings (SSSR count). The summed E-state index contributed by atoms with van der Waals surface area (Å²) >= 11 is 0. The lowest BCUT2D eigenvalue weighted by Gasteiger charge is -2.00. The van der Waals surface area contributed by atoms with Crippen molar-refractivity contribution < 1.29 is 0 Å². The molecule has 0 spiro atoms. The molecule has 5 heteroatoms. The van der Waals surface area contributed by atoms with Gasteiger partial charge in [0.25, 0.3) is 5.56 Å². The molecule has 0 radical (unpaired) electrons. The van der Waals surface area contributed by atoms with E-state index in [-0.39, 0.29) is 5.56 Å². The van der Waals surface area contributed by atoms with Gasteiger partial charge in [0.05, 0.1) is 5.52 Å². The predicted octanol–water partition coefficient (Wildman–Crippen LogP) is 1.23. The fourth-order valence-electron chi connectivity index (χ4n) is 2.29. The third-order valence-electron chi connectivity index (χ3n) is 3.31. The summed E-state index contributed by atoms with van der Waals surface area (Å²) in [6, 6.07) is 9.67. The van der Waals surface area contributed by atoms with Crippen molar-refractivity contribution in [3.05, 3.63) is 57.4 Å². The molecular weight excluding hydrogens is 242 g/mol. The van der Waals surface area contributed by atoms with Crippen molar-refractivity contribution in [1.29, 1.82) is 0 Å². The van der Waals surface area contributed by atoms with Crippen LogP contribution in [0.4, 0.5) is 0 Å². The molecule has 5 nitrogen and oxygen atoms in total. The Morgan fingerprint density at radius 1 is 1.05 bits per heavy atom. The van der Waals surface area contributed by atoms with Gasteiger partial charge in [-0.2, -0.15) is 0 Å². The Morgan fingerprint density at radius 2 is 1.74 bits per heavy atom. The van der Waals surface area contributed by atoms with Crippen LogP contribution in [0.25, 0.3) is 22.2 Å². The summed E-state index contributed by atoms with van der Waals surface area (Å²) in [5.41, 5.74) is 2.22. The molecule has 0 saturated heterocycles. The van der Waals surface area contributed by atoms with Crippen molar-refractivity contribution >= 4 is 11.0 Å². The Balaban J connectivity index is 2.48. The quantitative estimate of drug-likeness (QED) is 0.711. The zero-order valence-corrected chi connectivity index (χ0v) is 10.7. The average molecular weight is 255 g/mol. The SMILES string of the molecule is Cn1c(=O)[nH]c2c(-c3ccccc3)cn(C)c2c1=O. The number of aromatic nitrogens is 3. The molecule has 0 aliphatic heterocycles. The first-order chi connectivity index (χ1) is 9.09. The summed E-state index contributed by atoms with van der Waals surface area (Å²) in [4.78, 5) is 26.7. The molecule has 3 aromatic rings. The molecular formula is C14H13N3O2. The summed E-state index contributed by atoms with van der Waals surface area (Å²) in [5.74, 6) is 0. The maximum Gasteiger partial charge on any atom is 0.328 e. The predicted molar refractivity (Wildman–Crippen MR) is 74.2 cm³/mol. The number of rotatable bonds is 1. The maximum absolute atomic E-state index is 12.1. The first kappa shape index (κ1) is 11.5. The van der Waals surface area contributed by atoms with E-state index in [2.05, 4.69) is 4.98 Å². The lowest BCUT2D eigenvalue weighted by atomic mass is 10.1. The van der Waals surface area contributed by atoms with Gasteiger partial charge in [0.1, 0.15) is 5.52 Å². The molecule has 19 heavy (non-hydrogen) atoms. The Hall–Kier alpha value is -2.56. The van der Waals surface area contributed by atoms with Crippen LogP contribution in [0.3, 0.4) is 0 Å². The molecule has 0 aliphatic rings. The zero-order valence-electron chi connectivity index (χ0n) is 10.7. The number of aryl methyl sites for hydroxylation is 1. The van der Waals surface area contributed by atoms with Crippen LogP contribution in [0, 0.1) is 0 Å². The third kappa shape index (κ3) is 1.62. The van der Waals surface area contributed by atoms with Gasteiger partial charge in [0.15, 0.2) is 0 Å². The van der Waals surface area contributed by atoms with E-state index in [9.17, 15) is 9.59 Å². The fraction of sp³-hybridized carbons (Fsp3) is 0.143. The topological polar surface area (TPSA) is 59.8 Å². The van der Waals surface area contributed by atoms with E-state index >= 15 is 0 Å². The largest absolute Gasteiger partial charge is 0.344 e. The molecule has 1 N–H and O–H groups in total. The van der Waals surface area contributed by atoms with Gasteiger partial charge in [-0.1, -0.05) is 30.3 Å². The fourth-order valence-corrected chi connectivity index (χ4v) is 2.29. The van der Waals surface area contributed by atoms with E-state index in [0.29, 0.717) is 11.0 Å². The van der Waals surface area contributed by atoms with E-state index in [1.165, 1.54) is 7.05 Å². The summed E-state index contributed by atoms with van der Waals surface area (Å²) in [6.45, 7) is 0. The third-order valence-corrected chi connectivity index (χ3v) is 3.31. The van der Waals surface area contributed by atoms with Gasteiger partial charge >= 0.3 is 5.69 Å². The van der Waals surface area contributed by atoms with Crippen LogP contribution in [0.1, 0.15) is 0 Å². The highest BCUT2D eigenvalue weighted by molar-refractivity contribution is 5.92. The van der Waals surface area contributed by atoms with Crippen molar-refractivity contribution in [3.8, 4) is 11.1 Å². The minimum atomic E-state index is -0.402. The van der Waals surface area contributed by atoms with Crippen LogP contribution in [-0.4, -0.2) is 14.1 Å². The second-order valence-electron chi connectivity index (χ2n) is 4.54. The lowest BCUT2D eigenvalue weighted by molar-refractivity contribution is 0.783. The highest BCUT2D eigenvalue weighted by Gasteiger charge is 2.14. The van der Waals surface area contributed by atoms with Gasteiger partial charge in [-0.3, -0.25) is 9.36 Å². The number of nitrogens with zero attached hydrogens (tertiary/aromatic N) is 2. The summed E-state index contributed by atoms with van der Waals surface area (Å²) < 4.78 is 2.83. The molecule has 0 atom stereocenters. The van der Waals surface area contributed by atoms with Gasteiger partial charge < -0.3 is 9.55 Å². The van der Waals surface area contributed by atoms with Crippen LogP contribution in [-0.2, 0) is 14.1 Å². The van der Waals surface area contributed by atoms with Crippen molar-refractivity contribution in [2.75, 3.05) is 0 Å². The molecule has 0 fully saturated rings. The molecule has 0 saturated carbocycles. The van der Waals surface area contributed by atoms with Crippen LogP contribution < -0.4 is 11.2 Å². The van der Waals surface area contributed by atoms with E-state index in [0.717, 1.165) is 15.7 Å². The van der Waals surface area contributed by atoms with Gasteiger partial charge in [-0.15, -0.1) is 0 Å². The van der Waals surface area contributed by atoms with Crippen LogP contribution in [0.2, 0.25) is 0 Å². The molecule has 2 heterocycles. The smallest absolute Gasteiger partial charge is 0.328 e. The number of hydrogen-bond acceptors (Lipinski definition) is 2. The van der Waals surface area contributed by atoms with Crippen molar-refractivity contribution in [2.24, 2.45) is 14.1 Å². The van der Waals surface area contributed by atoms with Gasteiger partial charge in [-0.05, 0) is 5.56 Å². The zero-order chi connectivity index (χ0) is 13.6. The number of fused-ring (bicyclic) bond motifs is 1. The number of nitrogens with one attached hydrogen (secondary N) is 1. The average Bonchev–Trinajstić information content (AvgIpc) is 2.74. The Morgan fingerprint density at radius 3 is 2.42 bits per heavy atom. The Bertz CT molecular complexity index is 869. The molecule has 2 aromatic heterocycles. The van der Waals surface area contributed by atoms with Crippen LogP contribution in [0.5, 0.6) is 0 Å². The number of hydrogen-bond donors (Lipinski definition) is 1. The lowest BCUT2D eigenvalue weighted by Crippen LogP contribution is -2.32. The summed E-state index contributed by atoms with van der Waals surface area (Å²) in [7, 11) is 3.27. The van der Waals surface area contributed by atoms with E-state index in [1.807, 2.05) is 36.5 Å². The van der Waals surface area contributed by atoms with Gasteiger partial charge in [0, 0.05) is 25.9 Å². The monoisotopic (exact) mass is 255 g/mol. The van der Waals surface area contributed by atoms with Crippen LogP contribution in [0.15, 0.2) is 46.1 Å². The number of aromatic amines is 1. The summed E-state index contributed by atoms with van der Waals surface area (Å²) in [5, 5.41) is 0. The first-order valence-electron chi connectivity index (χ1n) is 5.93. The number of H-pyrrole nitrogens is 1. The highest BCUT2D eigenvalue weighted by atomic mass is 16.2.